The summed E-state index contributed by atoms with van der Waals surface area (Å²) in [5, 5.41) is 0. The van der Waals surface area contributed by atoms with Gasteiger partial charge in [-0.1, -0.05) is 48.5 Å². The molecule has 1 aliphatic carbocycles. The van der Waals surface area contributed by atoms with Gasteiger partial charge in [0, 0.05) is 18.7 Å². The Hall–Kier alpha value is -3.28. The molecule has 1 amide bonds. The maximum absolute atomic E-state index is 15.9. The van der Waals surface area contributed by atoms with Gasteiger partial charge in [0.05, 0.1) is 5.56 Å². The molecule has 2 aromatic carbocycles. The van der Waals surface area contributed by atoms with Gasteiger partial charge in [-0.2, -0.15) is 4.39 Å². The maximum Gasteiger partial charge on any atom is 0.341 e. The number of carbonyl (C=O) groups is 2. The van der Waals surface area contributed by atoms with Gasteiger partial charge in [0.2, 0.25) is 5.91 Å². The van der Waals surface area contributed by atoms with Gasteiger partial charge in [-0.3, -0.25) is 4.79 Å². The highest BCUT2D eigenvalue weighted by molar-refractivity contribution is 5.92. The molecule has 2 unspecified atom stereocenters. The van der Waals surface area contributed by atoms with Crippen molar-refractivity contribution in [3.63, 3.8) is 0 Å². The number of amides is 1. The van der Waals surface area contributed by atoms with Gasteiger partial charge < -0.3 is 9.64 Å². The maximum atomic E-state index is 15.9. The van der Waals surface area contributed by atoms with Crippen LogP contribution in [0.4, 0.5) is 8.78 Å². The van der Waals surface area contributed by atoms with Gasteiger partial charge in [-0.25, -0.2) is 9.18 Å². The van der Waals surface area contributed by atoms with Crippen molar-refractivity contribution in [2.45, 2.75) is 19.7 Å². The number of allylic oxidation sites excluding steroid dienone is 2. The summed E-state index contributed by atoms with van der Waals surface area (Å²) in [4.78, 5) is 26.9. The summed E-state index contributed by atoms with van der Waals surface area (Å²) in [5.74, 6) is -7.60. The van der Waals surface area contributed by atoms with Crippen molar-refractivity contribution in [1.82, 2.24) is 4.90 Å². The second-order valence-corrected chi connectivity index (χ2v) is 6.86. The van der Waals surface area contributed by atoms with E-state index in [1.807, 2.05) is 0 Å². The zero-order chi connectivity index (χ0) is 21.7. The molecule has 2 atom stereocenters. The lowest BCUT2D eigenvalue weighted by Gasteiger charge is -2.35. The standard InChI is InChI=1S/C24H23F2NO3/c1-3-27(4-2)22(28)20-21(25)19(17-11-7-5-8-12-17)15-16-24(20,26)30-23(29)18-13-9-6-10-14-18/h5-16,20H,3-4H2,1-2H3. The number of hydrogen-bond donors (Lipinski definition) is 0. The highest BCUT2D eigenvalue weighted by Gasteiger charge is 2.52. The zero-order valence-corrected chi connectivity index (χ0v) is 16.8. The molecule has 0 heterocycles. The van der Waals surface area contributed by atoms with E-state index >= 15 is 8.78 Å². The first-order valence-corrected chi connectivity index (χ1v) is 9.81. The minimum atomic E-state index is -2.95. The molecule has 1 aliphatic rings. The molecule has 4 nitrogen and oxygen atoms in total. The highest BCUT2D eigenvalue weighted by atomic mass is 19.2. The Morgan fingerprint density at radius 1 is 1.00 bits per heavy atom. The molecule has 30 heavy (non-hydrogen) atoms. The van der Waals surface area contributed by atoms with E-state index in [1.165, 1.54) is 23.1 Å². The Labute approximate surface area is 174 Å². The third-order valence-corrected chi connectivity index (χ3v) is 5.05. The fourth-order valence-corrected chi connectivity index (χ4v) is 3.42. The third kappa shape index (κ3) is 4.17. The van der Waals surface area contributed by atoms with Gasteiger partial charge in [-0.15, -0.1) is 0 Å². The van der Waals surface area contributed by atoms with Crippen LogP contribution in [-0.2, 0) is 9.53 Å². The largest absolute Gasteiger partial charge is 0.420 e. The van der Waals surface area contributed by atoms with Crippen molar-refractivity contribution < 1.29 is 23.1 Å². The summed E-state index contributed by atoms with van der Waals surface area (Å²) in [7, 11) is 0. The molecular weight excluding hydrogens is 388 g/mol. The van der Waals surface area contributed by atoms with Crippen molar-refractivity contribution in [2.24, 2.45) is 5.92 Å². The van der Waals surface area contributed by atoms with Crippen LogP contribution >= 0.6 is 0 Å². The number of rotatable bonds is 6. The number of nitrogens with zero attached hydrogens (tertiary/aromatic N) is 1. The summed E-state index contributed by atoms with van der Waals surface area (Å²) in [6, 6.07) is 16.4. The lowest BCUT2D eigenvalue weighted by Crippen LogP contribution is -2.49. The third-order valence-electron chi connectivity index (χ3n) is 5.05. The molecule has 156 valence electrons. The first kappa shape index (κ1) is 21.4. The Morgan fingerprint density at radius 2 is 1.57 bits per heavy atom. The average Bonchev–Trinajstić information content (AvgIpc) is 2.76. The topological polar surface area (TPSA) is 46.6 Å². The number of esters is 1. The molecule has 6 heteroatoms. The van der Waals surface area contributed by atoms with Crippen LogP contribution in [0.3, 0.4) is 0 Å². The van der Waals surface area contributed by atoms with E-state index in [0.29, 0.717) is 5.56 Å². The van der Waals surface area contributed by atoms with E-state index in [4.69, 9.17) is 4.74 Å². The quantitative estimate of drug-likeness (QED) is 0.633. The summed E-state index contributed by atoms with van der Waals surface area (Å²) < 4.78 is 36.6. The molecule has 0 aromatic heterocycles. The van der Waals surface area contributed by atoms with Crippen LogP contribution in [0.2, 0.25) is 0 Å². The smallest absolute Gasteiger partial charge is 0.341 e. The summed E-state index contributed by atoms with van der Waals surface area (Å²) in [6.07, 6.45) is 2.17. The van der Waals surface area contributed by atoms with Gasteiger partial charge in [0.15, 0.2) is 5.92 Å². The second kappa shape index (κ2) is 9.03. The Bertz CT molecular complexity index is 968. The first-order chi connectivity index (χ1) is 14.4. The van der Waals surface area contributed by atoms with Crippen molar-refractivity contribution in [2.75, 3.05) is 13.1 Å². The number of alkyl halides is 1. The summed E-state index contributed by atoms with van der Waals surface area (Å²) >= 11 is 0. The number of ether oxygens (including phenoxy) is 1. The van der Waals surface area contributed by atoms with Crippen LogP contribution in [0.25, 0.3) is 5.57 Å². The minimum absolute atomic E-state index is 0.0881. The van der Waals surface area contributed by atoms with E-state index in [-0.39, 0.29) is 24.2 Å². The van der Waals surface area contributed by atoms with Crippen LogP contribution in [0.15, 0.2) is 78.6 Å². The number of carbonyl (C=O) groups excluding carboxylic acids is 2. The van der Waals surface area contributed by atoms with E-state index < -0.39 is 29.5 Å². The van der Waals surface area contributed by atoms with Crippen molar-refractivity contribution >= 4 is 17.4 Å². The number of halogens is 2. The molecule has 0 saturated heterocycles. The molecule has 0 bridgehead atoms. The fourth-order valence-electron chi connectivity index (χ4n) is 3.42. The minimum Gasteiger partial charge on any atom is -0.420 e. The van der Waals surface area contributed by atoms with Crippen molar-refractivity contribution in [3.8, 4) is 0 Å². The second-order valence-electron chi connectivity index (χ2n) is 6.86. The van der Waals surface area contributed by atoms with Gasteiger partial charge >= 0.3 is 5.97 Å². The predicted molar refractivity (Wildman–Crippen MR) is 111 cm³/mol. The molecule has 2 aromatic rings. The van der Waals surface area contributed by atoms with Gasteiger partial charge in [0.1, 0.15) is 5.83 Å². The SMILES string of the molecule is CCN(CC)C(=O)C1C(F)=C(c2ccccc2)C=CC1(F)OC(=O)c1ccccc1. The number of hydrogen-bond acceptors (Lipinski definition) is 3. The van der Waals surface area contributed by atoms with E-state index in [1.54, 1.807) is 62.4 Å². The molecule has 3 rings (SSSR count). The van der Waals surface area contributed by atoms with Crippen LogP contribution < -0.4 is 0 Å². The van der Waals surface area contributed by atoms with E-state index in [9.17, 15) is 9.59 Å². The van der Waals surface area contributed by atoms with Crippen LogP contribution in [0, 0.1) is 5.92 Å². The van der Waals surface area contributed by atoms with Crippen molar-refractivity contribution in [3.05, 3.63) is 89.8 Å². The Balaban J connectivity index is 2.04. The van der Waals surface area contributed by atoms with Crippen LogP contribution in [-0.4, -0.2) is 35.7 Å². The lowest BCUT2D eigenvalue weighted by atomic mass is 9.86. The highest BCUT2D eigenvalue weighted by Crippen LogP contribution is 2.42. The Kier molecular flexibility index (Phi) is 6.45. The zero-order valence-electron chi connectivity index (χ0n) is 16.8. The predicted octanol–water partition coefficient (Wildman–Crippen LogP) is 4.94. The molecular formula is C24H23F2NO3. The van der Waals surface area contributed by atoms with Gasteiger partial charge in [-0.05, 0) is 43.7 Å². The van der Waals surface area contributed by atoms with Crippen molar-refractivity contribution in [1.29, 1.82) is 0 Å². The molecule has 0 spiro atoms. The average molecular weight is 411 g/mol. The lowest BCUT2D eigenvalue weighted by molar-refractivity contribution is -0.153. The van der Waals surface area contributed by atoms with Crippen LogP contribution in [0.1, 0.15) is 29.8 Å². The molecule has 0 N–H and O–H groups in total. The van der Waals surface area contributed by atoms with Gasteiger partial charge in [0.25, 0.3) is 5.85 Å². The Morgan fingerprint density at radius 3 is 2.13 bits per heavy atom. The van der Waals surface area contributed by atoms with E-state index in [2.05, 4.69) is 0 Å². The monoisotopic (exact) mass is 411 g/mol. The first-order valence-electron chi connectivity index (χ1n) is 9.81. The molecule has 0 aliphatic heterocycles. The van der Waals surface area contributed by atoms with E-state index in [0.717, 1.165) is 6.08 Å². The fraction of sp³-hybridized carbons (Fsp3) is 0.250. The normalized spacial score (nSPS) is 20.7. The molecule has 0 radical (unpaired) electrons. The number of benzene rings is 2. The summed E-state index contributed by atoms with van der Waals surface area (Å²) in [5.41, 5.74) is 0.695. The molecule has 0 saturated carbocycles. The summed E-state index contributed by atoms with van der Waals surface area (Å²) in [6.45, 7) is 3.98. The molecule has 0 fully saturated rings. The van der Waals surface area contributed by atoms with Crippen LogP contribution in [0.5, 0.6) is 0 Å².